The summed E-state index contributed by atoms with van der Waals surface area (Å²) in [5, 5.41) is 2.89. The van der Waals surface area contributed by atoms with Gasteiger partial charge in [-0.25, -0.2) is 12.7 Å². The molecular weight excluding hydrogens is 254 g/mol. The van der Waals surface area contributed by atoms with Crippen molar-refractivity contribution >= 4 is 15.9 Å². The third kappa shape index (κ3) is 4.91. The van der Waals surface area contributed by atoms with Crippen LogP contribution < -0.4 is 5.32 Å². The van der Waals surface area contributed by atoms with Crippen LogP contribution in [-0.4, -0.2) is 70.1 Å². The Labute approximate surface area is 109 Å². The van der Waals surface area contributed by atoms with Crippen molar-refractivity contribution in [1.82, 2.24) is 14.5 Å². The molecule has 1 saturated heterocycles. The number of piperidine rings is 1. The van der Waals surface area contributed by atoms with Crippen LogP contribution in [0.15, 0.2) is 0 Å². The van der Waals surface area contributed by atoms with E-state index in [4.69, 9.17) is 0 Å². The van der Waals surface area contributed by atoms with Gasteiger partial charge in [0.2, 0.25) is 15.9 Å². The minimum Gasteiger partial charge on any atom is -0.355 e. The predicted octanol–water partition coefficient (Wildman–Crippen LogP) is -0.664. The van der Waals surface area contributed by atoms with E-state index in [0.29, 0.717) is 32.5 Å². The smallest absolute Gasteiger partial charge is 0.223 e. The number of rotatable bonds is 5. The number of amides is 1. The highest BCUT2D eigenvalue weighted by Crippen LogP contribution is 2.18. The van der Waals surface area contributed by atoms with Crippen molar-refractivity contribution in [3.63, 3.8) is 0 Å². The molecule has 1 rings (SSSR count). The first-order valence-corrected chi connectivity index (χ1v) is 8.03. The topological polar surface area (TPSA) is 69.7 Å². The molecule has 1 amide bonds. The van der Waals surface area contributed by atoms with Crippen molar-refractivity contribution in [2.75, 3.05) is 46.5 Å². The molecule has 0 atom stereocenters. The summed E-state index contributed by atoms with van der Waals surface area (Å²) in [7, 11) is 0.802. The minimum atomic E-state index is -3.11. The highest BCUT2D eigenvalue weighted by molar-refractivity contribution is 7.88. The monoisotopic (exact) mass is 277 g/mol. The van der Waals surface area contributed by atoms with Crippen LogP contribution in [0.1, 0.15) is 12.8 Å². The average molecular weight is 277 g/mol. The fourth-order valence-corrected chi connectivity index (χ4v) is 2.87. The Hall–Kier alpha value is -0.660. The fraction of sp³-hybridized carbons (Fsp3) is 0.909. The first-order valence-electron chi connectivity index (χ1n) is 6.18. The summed E-state index contributed by atoms with van der Waals surface area (Å²) in [4.78, 5) is 13.8. The van der Waals surface area contributed by atoms with E-state index in [1.54, 1.807) is 0 Å². The zero-order valence-electron chi connectivity index (χ0n) is 11.3. The largest absolute Gasteiger partial charge is 0.355 e. The molecule has 0 radical (unpaired) electrons. The van der Waals surface area contributed by atoms with Gasteiger partial charge in [-0.1, -0.05) is 0 Å². The molecule has 0 saturated carbocycles. The number of sulfonamides is 1. The first kappa shape index (κ1) is 15.4. The summed E-state index contributed by atoms with van der Waals surface area (Å²) < 4.78 is 24.1. The molecule has 106 valence electrons. The molecule has 0 bridgehead atoms. The number of carbonyl (C=O) groups is 1. The fourth-order valence-electron chi connectivity index (χ4n) is 2.00. The van der Waals surface area contributed by atoms with Gasteiger partial charge in [0.05, 0.1) is 6.26 Å². The number of likely N-dealkylation sites (N-methyl/N-ethyl adjacent to an activating group) is 1. The molecule has 0 aromatic rings. The van der Waals surface area contributed by atoms with Crippen LogP contribution in [0.3, 0.4) is 0 Å². The molecule has 1 heterocycles. The van der Waals surface area contributed by atoms with Crippen molar-refractivity contribution in [2.24, 2.45) is 5.92 Å². The summed E-state index contributed by atoms with van der Waals surface area (Å²) in [5.41, 5.74) is 0. The van der Waals surface area contributed by atoms with Crippen LogP contribution in [0.5, 0.6) is 0 Å². The average Bonchev–Trinajstić information content (AvgIpc) is 2.27. The molecule has 0 spiro atoms. The molecule has 1 aliphatic rings. The van der Waals surface area contributed by atoms with Crippen molar-refractivity contribution in [1.29, 1.82) is 0 Å². The molecular formula is C11H23N3O3S. The summed E-state index contributed by atoms with van der Waals surface area (Å²) in [6.07, 6.45) is 2.44. The quantitative estimate of drug-likeness (QED) is 0.724. The Morgan fingerprint density at radius 2 is 1.89 bits per heavy atom. The maximum atomic E-state index is 11.8. The molecule has 7 heteroatoms. The van der Waals surface area contributed by atoms with E-state index in [2.05, 4.69) is 5.32 Å². The van der Waals surface area contributed by atoms with E-state index < -0.39 is 10.0 Å². The van der Waals surface area contributed by atoms with Crippen molar-refractivity contribution in [3.8, 4) is 0 Å². The van der Waals surface area contributed by atoms with Gasteiger partial charge in [0.1, 0.15) is 0 Å². The van der Waals surface area contributed by atoms with Crippen molar-refractivity contribution in [2.45, 2.75) is 12.8 Å². The molecule has 0 aliphatic carbocycles. The minimum absolute atomic E-state index is 0.0463. The SMILES string of the molecule is CN(C)CCNC(=O)C1CCN(S(C)(=O)=O)CC1. The van der Waals surface area contributed by atoms with E-state index in [1.807, 2.05) is 19.0 Å². The van der Waals surface area contributed by atoms with E-state index in [-0.39, 0.29) is 11.8 Å². The second kappa shape index (κ2) is 6.49. The second-order valence-electron chi connectivity index (χ2n) is 5.03. The highest BCUT2D eigenvalue weighted by Gasteiger charge is 2.28. The van der Waals surface area contributed by atoms with E-state index in [1.165, 1.54) is 10.6 Å². The Morgan fingerprint density at radius 1 is 1.33 bits per heavy atom. The number of nitrogens with zero attached hydrogens (tertiary/aromatic N) is 2. The summed E-state index contributed by atoms with van der Waals surface area (Å²) in [6, 6.07) is 0. The van der Waals surface area contributed by atoms with Crippen LogP contribution in [0.25, 0.3) is 0 Å². The van der Waals surface area contributed by atoms with Crippen molar-refractivity contribution < 1.29 is 13.2 Å². The van der Waals surface area contributed by atoms with Gasteiger partial charge in [-0.05, 0) is 26.9 Å². The van der Waals surface area contributed by atoms with Gasteiger partial charge in [0.25, 0.3) is 0 Å². The summed E-state index contributed by atoms with van der Waals surface area (Å²) >= 11 is 0. The van der Waals surface area contributed by atoms with Gasteiger partial charge < -0.3 is 10.2 Å². The van der Waals surface area contributed by atoms with Gasteiger partial charge in [0, 0.05) is 32.1 Å². The molecule has 0 aromatic heterocycles. The molecule has 0 aromatic carbocycles. The number of carbonyl (C=O) groups excluding carboxylic acids is 1. The number of hydrogen-bond acceptors (Lipinski definition) is 4. The molecule has 0 unspecified atom stereocenters. The lowest BCUT2D eigenvalue weighted by Gasteiger charge is -2.29. The summed E-state index contributed by atoms with van der Waals surface area (Å²) in [6.45, 7) is 2.35. The van der Waals surface area contributed by atoms with Crippen molar-refractivity contribution in [3.05, 3.63) is 0 Å². The maximum absolute atomic E-state index is 11.8. The molecule has 18 heavy (non-hydrogen) atoms. The van der Waals surface area contributed by atoms with Crippen LogP contribution >= 0.6 is 0 Å². The standard InChI is InChI=1S/C11H23N3O3S/c1-13(2)9-6-12-11(15)10-4-7-14(8-5-10)18(3,16)17/h10H,4-9H2,1-3H3,(H,12,15). The normalized spacial score (nSPS) is 19.1. The van der Waals surface area contributed by atoms with Crippen LogP contribution in [-0.2, 0) is 14.8 Å². The first-order chi connectivity index (χ1) is 8.30. The summed E-state index contributed by atoms with van der Waals surface area (Å²) in [5.74, 6) is -0.00448. The van der Waals surface area contributed by atoms with Crippen LogP contribution in [0.2, 0.25) is 0 Å². The van der Waals surface area contributed by atoms with E-state index in [9.17, 15) is 13.2 Å². The third-order valence-electron chi connectivity index (χ3n) is 3.15. The van der Waals surface area contributed by atoms with Gasteiger partial charge in [0.15, 0.2) is 0 Å². The van der Waals surface area contributed by atoms with Gasteiger partial charge in [-0.3, -0.25) is 4.79 Å². The number of nitrogens with one attached hydrogen (secondary N) is 1. The molecule has 6 nitrogen and oxygen atoms in total. The zero-order valence-corrected chi connectivity index (χ0v) is 12.2. The second-order valence-corrected chi connectivity index (χ2v) is 7.01. The molecule has 1 fully saturated rings. The van der Waals surface area contributed by atoms with E-state index >= 15 is 0 Å². The van der Waals surface area contributed by atoms with Gasteiger partial charge >= 0.3 is 0 Å². The van der Waals surface area contributed by atoms with Crippen LogP contribution in [0, 0.1) is 5.92 Å². The Morgan fingerprint density at radius 3 is 2.33 bits per heavy atom. The molecule has 1 N–H and O–H groups in total. The predicted molar refractivity (Wildman–Crippen MR) is 70.7 cm³/mol. The number of hydrogen-bond donors (Lipinski definition) is 1. The Kier molecular flexibility index (Phi) is 5.55. The zero-order chi connectivity index (χ0) is 13.8. The third-order valence-corrected chi connectivity index (χ3v) is 4.46. The highest BCUT2D eigenvalue weighted by atomic mass is 32.2. The Balaban J connectivity index is 2.32. The van der Waals surface area contributed by atoms with Crippen LogP contribution in [0.4, 0.5) is 0 Å². The van der Waals surface area contributed by atoms with Gasteiger partial charge in [-0.2, -0.15) is 0 Å². The van der Waals surface area contributed by atoms with E-state index in [0.717, 1.165) is 6.54 Å². The maximum Gasteiger partial charge on any atom is 0.223 e. The molecule has 1 aliphatic heterocycles. The van der Waals surface area contributed by atoms with Gasteiger partial charge in [-0.15, -0.1) is 0 Å². The Bertz CT molecular complexity index is 373. The lowest BCUT2D eigenvalue weighted by atomic mass is 9.97. The lowest BCUT2D eigenvalue weighted by molar-refractivity contribution is -0.126. The lowest BCUT2D eigenvalue weighted by Crippen LogP contribution is -2.43.